The van der Waals surface area contributed by atoms with Crippen LogP contribution in [-0.2, 0) is 9.59 Å². The number of thiophene rings is 1. The van der Waals surface area contributed by atoms with E-state index in [1.807, 2.05) is 37.5 Å². The van der Waals surface area contributed by atoms with E-state index in [1.54, 1.807) is 18.3 Å². The number of aryl methyl sites for hydroxylation is 1. The summed E-state index contributed by atoms with van der Waals surface area (Å²) in [5.41, 5.74) is 2.48. The van der Waals surface area contributed by atoms with Gasteiger partial charge in [-0.2, -0.15) is 5.10 Å². The third kappa shape index (κ3) is 4.40. The topological polar surface area (TPSA) is 79.6 Å². The Hall–Kier alpha value is -2.71. The monoisotopic (exact) mass is 417 g/mol. The second-order valence-electron chi connectivity index (χ2n) is 6.53. The van der Waals surface area contributed by atoms with Crippen LogP contribution < -0.4 is 5.32 Å². The molecular formula is C19H20ClN5O2S. The summed E-state index contributed by atoms with van der Waals surface area (Å²) in [6.45, 7) is 5.73. The van der Waals surface area contributed by atoms with Crippen molar-refractivity contribution in [3.63, 3.8) is 0 Å². The van der Waals surface area contributed by atoms with Crippen LogP contribution in [0.5, 0.6) is 0 Å². The number of hydrogen-bond acceptors (Lipinski definition) is 5. The van der Waals surface area contributed by atoms with E-state index in [4.69, 9.17) is 11.6 Å². The normalized spacial score (nSPS) is 11.8. The molecular weight excluding hydrogens is 398 g/mol. The van der Waals surface area contributed by atoms with Gasteiger partial charge >= 0.3 is 0 Å². The average Bonchev–Trinajstić information content (AvgIpc) is 3.13. The zero-order valence-electron chi connectivity index (χ0n) is 15.7. The lowest BCUT2D eigenvalue weighted by atomic mass is 10.2. The van der Waals surface area contributed by atoms with Crippen molar-refractivity contribution >= 4 is 57.0 Å². The molecule has 0 aliphatic rings. The molecule has 146 valence electrons. The number of halogens is 1. The van der Waals surface area contributed by atoms with Crippen molar-refractivity contribution in [1.82, 2.24) is 14.6 Å². The van der Waals surface area contributed by atoms with Crippen LogP contribution in [0.15, 0.2) is 41.8 Å². The fraction of sp³-hybridized carbons (Fsp3) is 0.263. The van der Waals surface area contributed by atoms with Crippen LogP contribution in [0.4, 0.5) is 5.69 Å². The molecule has 0 aliphatic heterocycles. The van der Waals surface area contributed by atoms with Gasteiger partial charge in [0, 0.05) is 17.8 Å². The molecule has 0 bridgehead atoms. The third-order valence-corrected chi connectivity index (χ3v) is 5.19. The van der Waals surface area contributed by atoms with Crippen molar-refractivity contribution in [2.24, 2.45) is 11.0 Å². The summed E-state index contributed by atoms with van der Waals surface area (Å²) in [4.78, 5) is 27.8. The minimum atomic E-state index is -0.361. The number of nitrogens with one attached hydrogen (secondary N) is 1. The molecule has 3 aromatic rings. The van der Waals surface area contributed by atoms with Gasteiger partial charge in [-0.25, -0.2) is 5.01 Å². The maximum Gasteiger partial charge on any atom is 0.246 e. The van der Waals surface area contributed by atoms with Gasteiger partial charge in [-0.3, -0.25) is 19.1 Å². The lowest BCUT2D eigenvalue weighted by molar-refractivity contribution is -0.125. The van der Waals surface area contributed by atoms with E-state index in [2.05, 4.69) is 15.4 Å². The third-order valence-electron chi connectivity index (χ3n) is 3.99. The van der Waals surface area contributed by atoms with Gasteiger partial charge in [0.05, 0.1) is 26.4 Å². The Morgan fingerprint density at radius 2 is 2.25 bits per heavy atom. The van der Waals surface area contributed by atoms with Gasteiger partial charge in [0.2, 0.25) is 12.3 Å². The van der Waals surface area contributed by atoms with E-state index in [0.29, 0.717) is 22.3 Å². The largest absolute Gasteiger partial charge is 0.323 e. The van der Waals surface area contributed by atoms with Crippen LogP contribution in [0.2, 0.25) is 4.34 Å². The van der Waals surface area contributed by atoms with E-state index in [1.165, 1.54) is 17.5 Å². The summed E-state index contributed by atoms with van der Waals surface area (Å²) in [5.74, 6) is 0.306. The highest BCUT2D eigenvalue weighted by atomic mass is 35.5. The number of fused-ring (bicyclic) bond motifs is 1. The quantitative estimate of drug-likeness (QED) is 0.285. The average molecular weight is 418 g/mol. The standard InChI is InChI=1S/C19H20ClN5O2S/c1-12(2)19(25-13(3)7-16-15(25)8-17(20)28-16)23-24(11-26)10-18(27)22-14-5-4-6-21-9-14/h4-9,11-12H,10H2,1-3H3,(H,22,27)/b23-19-. The fourth-order valence-corrected chi connectivity index (χ4v) is 4.04. The molecule has 3 aromatic heterocycles. The van der Waals surface area contributed by atoms with Crippen LogP contribution in [0.3, 0.4) is 0 Å². The van der Waals surface area contributed by atoms with E-state index < -0.39 is 0 Å². The van der Waals surface area contributed by atoms with Gasteiger partial charge in [-0.1, -0.05) is 25.4 Å². The van der Waals surface area contributed by atoms with Crippen LogP contribution in [0, 0.1) is 12.8 Å². The molecule has 2 amide bonds. The maximum absolute atomic E-state index is 12.3. The number of anilines is 1. The van der Waals surface area contributed by atoms with Crippen molar-refractivity contribution in [2.45, 2.75) is 20.8 Å². The predicted molar refractivity (Wildman–Crippen MR) is 113 cm³/mol. The van der Waals surface area contributed by atoms with Crippen molar-refractivity contribution in [3.8, 4) is 0 Å². The Kier molecular flexibility index (Phi) is 6.11. The first-order chi connectivity index (χ1) is 13.4. The van der Waals surface area contributed by atoms with Crippen molar-refractivity contribution in [1.29, 1.82) is 0 Å². The van der Waals surface area contributed by atoms with Crippen LogP contribution >= 0.6 is 22.9 Å². The predicted octanol–water partition coefficient (Wildman–Crippen LogP) is 3.97. The second kappa shape index (κ2) is 8.53. The first-order valence-corrected chi connectivity index (χ1v) is 9.86. The number of pyridine rings is 1. The Labute approximate surface area is 171 Å². The highest BCUT2D eigenvalue weighted by Crippen LogP contribution is 2.32. The maximum atomic E-state index is 12.3. The summed E-state index contributed by atoms with van der Waals surface area (Å²) >= 11 is 7.64. The van der Waals surface area contributed by atoms with Gasteiger partial charge in [-0.05, 0) is 31.2 Å². The first kappa shape index (κ1) is 20.0. The molecule has 28 heavy (non-hydrogen) atoms. The van der Waals surface area contributed by atoms with Crippen LogP contribution in [0.25, 0.3) is 10.2 Å². The molecule has 0 saturated carbocycles. The number of amides is 2. The molecule has 0 fully saturated rings. The van der Waals surface area contributed by atoms with Gasteiger partial charge in [0.15, 0.2) is 0 Å². The fourth-order valence-electron chi connectivity index (χ4n) is 2.82. The van der Waals surface area contributed by atoms with E-state index in [0.717, 1.165) is 20.9 Å². The molecule has 7 nitrogen and oxygen atoms in total. The zero-order valence-corrected chi connectivity index (χ0v) is 17.3. The van der Waals surface area contributed by atoms with Crippen LogP contribution in [-0.4, -0.2) is 39.3 Å². The molecule has 0 spiro atoms. The summed E-state index contributed by atoms with van der Waals surface area (Å²) < 4.78 is 3.70. The van der Waals surface area contributed by atoms with Gasteiger partial charge < -0.3 is 5.32 Å². The smallest absolute Gasteiger partial charge is 0.246 e. The molecule has 0 saturated heterocycles. The van der Waals surface area contributed by atoms with E-state index in [9.17, 15) is 9.59 Å². The first-order valence-electron chi connectivity index (χ1n) is 8.67. The minimum Gasteiger partial charge on any atom is -0.323 e. The lowest BCUT2D eigenvalue weighted by Crippen LogP contribution is -2.32. The van der Waals surface area contributed by atoms with Crippen molar-refractivity contribution < 1.29 is 9.59 Å². The number of carbonyl (C=O) groups excluding carboxylic acids is 2. The highest BCUT2D eigenvalue weighted by Gasteiger charge is 2.19. The number of carbonyl (C=O) groups is 2. The molecule has 0 radical (unpaired) electrons. The lowest BCUT2D eigenvalue weighted by Gasteiger charge is -2.19. The summed E-state index contributed by atoms with van der Waals surface area (Å²) in [6, 6.07) is 7.35. The number of aromatic nitrogens is 2. The van der Waals surface area contributed by atoms with Crippen molar-refractivity contribution in [3.05, 3.63) is 46.7 Å². The summed E-state index contributed by atoms with van der Waals surface area (Å²) in [5, 5.41) is 8.26. The number of hydrazone groups is 1. The van der Waals surface area contributed by atoms with E-state index in [-0.39, 0.29) is 18.4 Å². The Morgan fingerprint density at radius 3 is 2.89 bits per heavy atom. The SMILES string of the molecule is Cc1cc2sc(Cl)cc2n1/C(=N\N(C=O)CC(=O)Nc1cccnc1)C(C)C. The summed E-state index contributed by atoms with van der Waals surface area (Å²) in [7, 11) is 0. The molecule has 0 aliphatic carbocycles. The molecule has 0 aromatic carbocycles. The highest BCUT2D eigenvalue weighted by molar-refractivity contribution is 7.22. The van der Waals surface area contributed by atoms with E-state index >= 15 is 0 Å². The second-order valence-corrected chi connectivity index (χ2v) is 8.24. The minimum absolute atomic E-state index is 0.0109. The molecule has 3 rings (SSSR count). The molecule has 0 atom stereocenters. The van der Waals surface area contributed by atoms with Gasteiger partial charge in [-0.15, -0.1) is 11.3 Å². The molecule has 3 heterocycles. The number of nitrogens with zero attached hydrogens (tertiary/aromatic N) is 4. The Balaban J connectivity index is 1.88. The van der Waals surface area contributed by atoms with Gasteiger partial charge in [0.1, 0.15) is 12.4 Å². The number of hydrogen-bond donors (Lipinski definition) is 1. The Morgan fingerprint density at radius 1 is 1.46 bits per heavy atom. The zero-order chi connectivity index (χ0) is 20.3. The summed E-state index contributed by atoms with van der Waals surface area (Å²) in [6.07, 6.45) is 3.69. The van der Waals surface area contributed by atoms with Gasteiger partial charge in [0.25, 0.3) is 0 Å². The molecule has 9 heteroatoms. The molecule has 1 N–H and O–H groups in total. The Bertz CT molecular complexity index is 1030. The number of rotatable bonds is 6. The van der Waals surface area contributed by atoms with Crippen LogP contribution in [0.1, 0.15) is 19.5 Å². The van der Waals surface area contributed by atoms with Crippen molar-refractivity contribution in [2.75, 3.05) is 11.9 Å². The molecule has 0 unspecified atom stereocenters.